The average Bonchev–Trinajstić information content (AvgIpc) is 4.13. The van der Waals surface area contributed by atoms with Crippen molar-refractivity contribution in [3.05, 3.63) is 126 Å². The summed E-state index contributed by atoms with van der Waals surface area (Å²) >= 11 is 0. The van der Waals surface area contributed by atoms with Crippen LogP contribution in [0.15, 0.2) is 114 Å². The van der Waals surface area contributed by atoms with Gasteiger partial charge in [0.2, 0.25) is 17.7 Å². The summed E-state index contributed by atoms with van der Waals surface area (Å²) in [7, 11) is 1.27. The monoisotopic (exact) mass is 809 g/mol. The number of para-hydroxylation sites is 3. The summed E-state index contributed by atoms with van der Waals surface area (Å²) in [4.78, 5) is 71.4. The van der Waals surface area contributed by atoms with Crippen molar-refractivity contribution >= 4 is 52.3 Å². The molecule has 0 bridgehead atoms. The number of aromatic nitrogens is 3. The molecule has 2 aromatic heterocycles. The van der Waals surface area contributed by atoms with E-state index < -0.39 is 36.5 Å². The van der Waals surface area contributed by atoms with Gasteiger partial charge < -0.3 is 45.0 Å². The maximum Gasteiger partial charge on any atom is 0.407 e. The Hall–Kier alpha value is -7.36. The van der Waals surface area contributed by atoms with Crippen LogP contribution in [0.4, 0.5) is 26.8 Å². The standard InChI is InChI=1S/C44H43N9O7/c1-59-44(58)50-36(27-15-6-3-7-16-27)42(55)52-24-12-22-33(52)39-47-29-18-8-9-20-31(29)53(39)34-25-45-40(60-34)28-17-10-19-30-37(28)48-38(46-30)32-21-11-23-51(32)41(54)35(49-43(56)57)26-13-4-2-5-14-26/h2-10,13-20,25,32-33,35-36,39,47,49H,11-12,21-24H2,1H3,(H,46,48)(H,50,58)(H,56,57)/t32-,33-,35+,36+,39?/m0/s1. The molecule has 0 spiro atoms. The third-order valence-electron chi connectivity index (χ3n) is 11.5. The SMILES string of the molecule is COC(=O)N[C@@H](C(=O)N1CCC[C@H]1C1Nc2ccccc2N1c1cnc(-c2cccc3[nH]c([C@@H]4CCCN4C(=O)[C@H](NC(=O)O)c4ccccc4)nc23)o1)c1ccccc1. The summed E-state index contributed by atoms with van der Waals surface area (Å²) in [5.74, 6) is 0.767. The van der Waals surface area contributed by atoms with Crippen LogP contribution in [0.25, 0.3) is 22.5 Å². The van der Waals surface area contributed by atoms with E-state index in [1.807, 2.05) is 88.7 Å². The maximum atomic E-state index is 14.4. The highest BCUT2D eigenvalue weighted by Gasteiger charge is 2.45. The highest BCUT2D eigenvalue weighted by molar-refractivity contribution is 5.91. The molecule has 9 rings (SSSR count). The molecule has 16 heteroatoms. The zero-order valence-corrected chi connectivity index (χ0v) is 32.7. The van der Waals surface area contributed by atoms with Gasteiger partial charge in [0.1, 0.15) is 29.6 Å². The van der Waals surface area contributed by atoms with Gasteiger partial charge in [0, 0.05) is 13.1 Å². The first-order valence-corrected chi connectivity index (χ1v) is 19.9. The van der Waals surface area contributed by atoms with Crippen LogP contribution in [0, 0.1) is 0 Å². The van der Waals surface area contributed by atoms with E-state index in [1.165, 1.54) is 7.11 Å². The van der Waals surface area contributed by atoms with Gasteiger partial charge in [-0.05, 0) is 61.1 Å². The van der Waals surface area contributed by atoms with E-state index in [0.29, 0.717) is 65.7 Å². The van der Waals surface area contributed by atoms with Crippen molar-refractivity contribution in [1.82, 2.24) is 35.4 Å². The largest absolute Gasteiger partial charge is 0.465 e. The van der Waals surface area contributed by atoms with Gasteiger partial charge in [-0.3, -0.25) is 14.5 Å². The second-order valence-corrected chi connectivity index (χ2v) is 15.0. The number of hydrogen-bond acceptors (Lipinski definition) is 10. The zero-order valence-electron chi connectivity index (χ0n) is 32.7. The van der Waals surface area contributed by atoms with Crippen molar-refractivity contribution in [1.29, 1.82) is 0 Å². The van der Waals surface area contributed by atoms with Crippen molar-refractivity contribution in [2.75, 3.05) is 30.4 Å². The summed E-state index contributed by atoms with van der Waals surface area (Å²) < 4.78 is 11.5. The Morgan fingerprint density at radius 3 is 2.22 bits per heavy atom. The average molecular weight is 810 g/mol. The Labute approximate surface area is 344 Å². The molecule has 1 unspecified atom stereocenters. The number of carbonyl (C=O) groups is 4. The number of fused-ring (bicyclic) bond motifs is 2. The number of aromatic amines is 1. The molecule has 0 radical (unpaired) electrons. The van der Waals surface area contributed by atoms with Crippen LogP contribution in [0.3, 0.4) is 0 Å². The van der Waals surface area contributed by atoms with Gasteiger partial charge in [-0.1, -0.05) is 78.9 Å². The highest BCUT2D eigenvalue weighted by Crippen LogP contribution is 2.45. The van der Waals surface area contributed by atoms with Crippen LogP contribution in [0.2, 0.25) is 0 Å². The number of imidazole rings is 1. The Bertz CT molecular complexity index is 2540. The number of oxazole rings is 1. The van der Waals surface area contributed by atoms with Crippen molar-refractivity contribution in [3.8, 4) is 11.5 Å². The Morgan fingerprint density at radius 2 is 1.48 bits per heavy atom. The van der Waals surface area contributed by atoms with Crippen LogP contribution < -0.4 is 20.9 Å². The molecule has 3 aliphatic heterocycles. The summed E-state index contributed by atoms with van der Waals surface area (Å²) in [6.45, 7) is 0.947. The number of methoxy groups -OCH3 is 1. The first-order valence-electron chi connectivity index (χ1n) is 19.9. The van der Waals surface area contributed by atoms with Gasteiger partial charge in [0.15, 0.2) is 0 Å². The van der Waals surface area contributed by atoms with E-state index in [9.17, 15) is 24.3 Å². The molecule has 4 amide bonds. The number of likely N-dealkylation sites (tertiary alicyclic amines) is 2. The molecule has 6 aromatic rings. The van der Waals surface area contributed by atoms with Gasteiger partial charge >= 0.3 is 12.2 Å². The lowest BCUT2D eigenvalue weighted by atomic mass is 10.0. The predicted octanol–water partition coefficient (Wildman–Crippen LogP) is 6.87. The fraction of sp³-hybridized carbons (Fsp3) is 0.273. The molecule has 16 nitrogen and oxygen atoms in total. The summed E-state index contributed by atoms with van der Waals surface area (Å²) in [6.07, 6.45) is 2.08. The van der Waals surface area contributed by atoms with E-state index >= 15 is 0 Å². The minimum atomic E-state index is -1.29. The third kappa shape index (κ3) is 7.09. The second-order valence-electron chi connectivity index (χ2n) is 15.0. The van der Waals surface area contributed by atoms with Crippen LogP contribution in [0.5, 0.6) is 0 Å². The molecule has 0 aliphatic carbocycles. The molecule has 5 N–H and O–H groups in total. The predicted molar refractivity (Wildman–Crippen MR) is 221 cm³/mol. The lowest BCUT2D eigenvalue weighted by Crippen LogP contribution is -2.53. The molecule has 2 saturated heterocycles. The van der Waals surface area contributed by atoms with E-state index in [0.717, 1.165) is 29.7 Å². The number of H-pyrrole nitrogens is 1. The lowest BCUT2D eigenvalue weighted by molar-refractivity contribution is -0.135. The smallest absolute Gasteiger partial charge is 0.407 e. The fourth-order valence-corrected chi connectivity index (χ4v) is 8.79. The highest BCUT2D eigenvalue weighted by atomic mass is 16.5. The Kier molecular flexibility index (Phi) is 10.3. The molecule has 5 atom stereocenters. The molecule has 5 heterocycles. The molecule has 306 valence electrons. The third-order valence-corrected chi connectivity index (χ3v) is 11.5. The second kappa shape index (κ2) is 16.1. The molecular formula is C44H43N9O7. The Balaban J connectivity index is 1.01. The van der Waals surface area contributed by atoms with Gasteiger partial charge in [0.05, 0.1) is 47.8 Å². The number of alkyl carbamates (subject to hydrolysis) is 1. The fourth-order valence-electron chi connectivity index (χ4n) is 8.79. The quantitative estimate of drug-likeness (QED) is 0.0968. The molecule has 60 heavy (non-hydrogen) atoms. The van der Waals surface area contributed by atoms with Crippen molar-refractivity contribution in [3.63, 3.8) is 0 Å². The van der Waals surface area contributed by atoms with Crippen molar-refractivity contribution < 1.29 is 33.4 Å². The van der Waals surface area contributed by atoms with Crippen LogP contribution in [-0.2, 0) is 14.3 Å². The number of amides is 4. The van der Waals surface area contributed by atoms with E-state index in [1.54, 1.807) is 35.4 Å². The minimum absolute atomic E-state index is 0.248. The first-order chi connectivity index (χ1) is 29.3. The number of nitrogens with zero attached hydrogens (tertiary/aromatic N) is 5. The van der Waals surface area contributed by atoms with E-state index in [-0.39, 0.29) is 17.9 Å². The van der Waals surface area contributed by atoms with Crippen molar-refractivity contribution in [2.24, 2.45) is 0 Å². The molecule has 2 fully saturated rings. The number of benzene rings is 4. The van der Waals surface area contributed by atoms with E-state index in [4.69, 9.17) is 19.1 Å². The minimum Gasteiger partial charge on any atom is -0.465 e. The van der Waals surface area contributed by atoms with Crippen LogP contribution in [-0.4, -0.2) is 86.3 Å². The van der Waals surface area contributed by atoms with Crippen LogP contribution in [0.1, 0.15) is 60.8 Å². The Morgan fingerprint density at radius 1 is 0.817 bits per heavy atom. The number of carbonyl (C=O) groups excluding carboxylic acids is 3. The number of rotatable bonds is 10. The lowest BCUT2D eigenvalue weighted by Gasteiger charge is -2.36. The van der Waals surface area contributed by atoms with E-state index in [2.05, 4.69) is 20.9 Å². The number of hydrogen-bond donors (Lipinski definition) is 5. The maximum absolute atomic E-state index is 14.4. The number of ether oxygens (including phenoxy) is 1. The van der Waals surface area contributed by atoms with Crippen LogP contribution >= 0.6 is 0 Å². The van der Waals surface area contributed by atoms with Crippen molar-refractivity contribution in [2.45, 2.75) is 56.0 Å². The van der Waals surface area contributed by atoms with Gasteiger partial charge in [-0.2, -0.15) is 0 Å². The number of carboxylic acid groups (broad SMARTS) is 1. The summed E-state index contributed by atoms with van der Waals surface area (Å²) in [6, 6.07) is 28.7. The summed E-state index contributed by atoms with van der Waals surface area (Å²) in [5, 5.41) is 18.4. The number of anilines is 3. The first kappa shape index (κ1) is 38.2. The normalized spacial score (nSPS) is 19.4. The summed E-state index contributed by atoms with van der Waals surface area (Å²) in [5.41, 5.74) is 4.90. The molecule has 4 aromatic carbocycles. The molecule has 0 saturated carbocycles. The zero-order chi connectivity index (χ0) is 41.3. The molecule has 3 aliphatic rings. The van der Waals surface area contributed by atoms with Gasteiger partial charge in [-0.25, -0.2) is 19.6 Å². The van der Waals surface area contributed by atoms with Gasteiger partial charge in [-0.15, -0.1) is 0 Å². The number of nitrogens with one attached hydrogen (secondary N) is 4. The van der Waals surface area contributed by atoms with Gasteiger partial charge in [0.25, 0.3) is 5.91 Å². The topological polar surface area (TPSA) is 198 Å². The molecular weight excluding hydrogens is 767 g/mol.